The first kappa shape index (κ1) is 7.91. The molecule has 2 N–H and O–H groups in total. The molecule has 0 radical (unpaired) electrons. The van der Waals surface area contributed by atoms with Gasteiger partial charge < -0.3 is 5.73 Å². The van der Waals surface area contributed by atoms with E-state index in [0.717, 1.165) is 17.6 Å². The molecule has 0 amide bonds. The zero-order valence-corrected chi connectivity index (χ0v) is 7.36. The molecule has 0 aliphatic heterocycles. The van der Waals surface area contributed by atoms with Gasteiger partial charge in [0, 0.05) is 5.69 Å². The second-order valence-corrected chi connectivity index (χ2v) is 2.78. The number of nitrogens with two attached hydrogens (primary N) is 1. The van der Waals surface area contributed by atoms with Crippen LogP contribution in [0.25, 0.3) is 11.0 Å². The van der Waals surface area contributed by atoms with Gasteiger partial charge in [-0.25, -0.2) is 15.0 Å². The fourth-order valence-electron chi connectivity index (χ4n) is 1.20. The summed E-state index contributed by atoms with van der Waals surface area (Å²) in [5, 5.41) is 0. The third-order valence-electron chi connectivity index (χ3n) is 1.93. The SMILES string of the molecule is CCc1ccc2ncnc(N)c2n1. The Morgan fingerprint density at radius 1 is 1.31 bits per heavy atom. The molecular formula is C9H10N4. The van der Waals surface area contributed by atoms with E-state index < -0.39 is 0 Å². The molecule has 0 aliphatic rings. The third kappa shape index (κ3) is 1.30. The smallest absolute Gasteiger partial charge is 0.153 e. The molecule has 2 aromatic rings. The fraction of sp³-hybridized carbons (Fsp3) is 0.222. The van der Waals surface area contributed by atoms with Crippen molar-refractivity contribution in [2.24, 2.45) is 0 Å². The molecule has 0 aromatic carbocycles. The van der Waals surface area contributed by atoms with E-state index in [1.54, 1.807) is 0 Å². The molecular weight excluding hydrogens is 164 g/mol. The van der Waals surface area contributed by atoms with Crippen molar-refractivity contribution in [3.05, 3.63) is 24.2 Å². The minimum Gasteiger partial charge on any atom is -0.382 e. The largest absolute Gasteiger partial charge is 0.382 e. The van der Waals surface area contributed by atoms with Gasteiger partial charge >= 0.3 is 0 Å². The van der Waals surface area contributed by atoms with Crippen molar-refractivity contribution in [1.29, 1.82) is 0 Å². The average molecular weight is 174 g/mol. The average Bonchev–Trinajstić information content (AvgIpc) is 2.18. The Hall–Kier alpha value is -1.71. The van der Waals surface area contributed by atoms with Crippen molar-refractivity contribution in [2.75, 3.05) is 5.73 Å². The van der Waals surface area contributed by atoms with Gasteiger partial charge in [-0.05, 0) is 18.6 Å². The molecule has 0 saturated heterocycles. The van der Waals surface area contributed by atoms with Gasteiger partial charge in [0.25, 0.3) is 0 Å². The Balaban J connectivity index is 2.74. The summed E-state index contributed by atoms with van der Waals surface area (Å²) in [6, 6.07) is 3.87. The number of aromatic nitrogens is 3. The van der Waals surface area contributed by atoms with E-state index in [4.69, 9.17) is 5.73 Å². The lowest BCUT2D eigenvalue weighted by Crippen LogP contribution is -1.97. The van der Waals surface area contributed by atoms with Crippen LogP contribution in [0.5, 0.6) is 0 Å². The summed E-state index contributed by atoms with van der Waals surface area (Å²) in [6.45, 7) is 2.05. The zero-order valence-electron chi connectivity index (χ0n) is 7.36. The first-order valence-corrected chi connectivity index (χ1v) is 4.17. The van der Waals surface area contributed by atoms with Crippen molar-refractivity contribution in [2.45, 2.75) is 13.3 Å². The molecule has 4 nitrogen and oxygen atoms in total. The number of aryl methyl sites for hydroxylation is 1. The number of hydrogen-bond donors (Lipinski definition) is 1. The van der Waals surface area contributed by atoms with Crippen LogP contribution in [-0.4, -0.2) is 15.0 Å². The standard InChI is InChI=1S/C9H10N4/c1-2-6-3-4-7-8(13-6)9(10)12-5-11-7/h3-5H,2H2,1H3,(H2,10,11,12). The maximum absolute atomic E-state index is 5.67. The predicted octanol–water partition coefficient (Wildman–Crippen LogP) is 1.17. The zero-order chi connectivity index (χ0) is 9.26. The summed E-state index contributed by atoms with van der Waals surface area (Å²) in [7, 11) is 0. The molecule has 0 unspecified atom stereocenters. The Morgan fingerprint density at radius 3 is 2.92 bits per heavy atom. The number of rotatable bonds is 1. The van der Waals surface area contributed by atoms with Crippen LogP contribution >= 0.6 is 0 Å². The molecule has 66 valence electrons. The highest BCUT2D eigenvalue weighted by Gasteiger charge is 2.01. The Kier molecular flexibility index (Phi) is 1.81. The summed E-state index contributed by atoms with van der Waals surface area (Å²) >= 11 is 0. The highest BCUT2D eigenvalue weighted by molar-refractivity contribution is 5.83. The normalized spacial score (nSPS) is 10.5. The van der Waals surface area contributed by atoms with Crippen LogP contribution in [0.3, 0.4) is 0 Å². The third-order valence-corrected chi connectivity index (χ3v) is 1.93. The van der Waals surface area contributed by atoms with E-state index in [-0.39, 0.29) is 0 Å². The molecule has 0 fully saturated rings. The Bertz CT molecular complexity index is 439. The minimum atomic E-state index is 0.445. The van der Waals surface area contributed by atoms with Gasteiger partial charge in [-0.3, -0.25) is 0 Å². The first-order chi connectivity index (χ1) is 6.31. The van der Waals surface area contributed by atoms with Gasteiger partial charge in [-0.2, -0.15) is 0 Å². The summed E-state index contributed by atoms with van der Waals surface area (Å²) in [4.78, 5) is 12.3. The second-order valence-electron chi connectivity index (χ2n) is 2.78. The summed E-state index contributed by atoms with van der Waals surface area (Å²) in [5.74, 6) is 0.445. The quantitative estimate of drug-likeness (QED) is 0.704. The van der Waals surface area contributed by atoms with Crippen LogP contribution in [-0.2, 0) is 6.42 Å². The van der Waals surface area contributed by atoms with Crippen LogP contribution < -0.4 is 5.73 Å². The molecule has 0 saturated carbocycles. The van der Waals surface area contributed by atoms with E-state index in [0.29, 0.717) is 11.3 Å². The molecule has 0 spiro atoms. The Morgan fingerprint density at radius 2 is 2.15 bits per heavy atom. The lowest BCUT2D eigenvalue weighted by Gasteiger charge is -2.00. The summed E-state index contributed by atoms with van der Waals surface area (Å²) in [6.07, 6.45) is 2.34. The number of hydrogen-bond acceptors (Lipinski definition) is 4. The van der Waals surface area contributed by atoms with Crippen LogP contribution in [0.2, 0.25) is 0 Å². The second kappa shape index (κ2) is 2.97. The van der Waals surface area contributed by atoms with E-state index in [2.05, 4.69) is 15.0 Å². The van der Waals surface area contributed by atoms with Gasteiger partial charge in [-0.15, -0.1) is 0 Å². The maximum Gasteiger partial charge on any atom is 0.153 e. The minimum absolute atomic E-state index is 0.445. The van der Waals surface area contributed by atoms with Crippen molar-refractivity contribution in [3.8, 4) is 0 Å². The number of fused-ring (bicyclic) bond motifs is 1. The lowest BCUT2D eigenvalue weighted by molar-refractivity contribution is 1.05. The molecule has 2 aromatic heterocycles. The highest BCUT2D eigenvalue weighted by atomic mass is 14.9. The van der Waals surface area contributed by atoms with Crippen LogP contribution in [0.15, 0.2) is 18.5 Å². The highest BCUT2D eigenvalue weighted by Crippen LogP contribution is 2.13. The molecule has 2 heterocycles. The number of pyridine rings is 1. The fourth-order valence-corrected chi connectivity index (χ4v) is 1.20. The van der Waals surface area contributed by atoms with Gasteiger partial charge in [-0.1, -0.05) is 6.92 Å². The van der Waals surface area contributed by atoms with Crippen molar-refractivity contribution >= 4 is 16.9 Å². The molecule has 4 heteroatoms. The van der Waals surface area contributed by atoms with Crippen LogP contribution in [0, 0.1) is 0 Å². The topological polar surface area (TPSA) is 64.7 Å². The monoisotopic (exact) mass is 174 g/mol. The van der Waals surface area contributed by atoms with Gasteiger partial charge in [0.1, 0.15) is 11.8 Å². The van der Waals surface area contributed by atoms with Crippen LogP contribution in [0.1, 0.15) is 12.6 Å². The number of anilines is 1. The lowest BCUT2D eigenvalue weighted by atomic mass is 10.2. The van der Waals surface area contributed by atoms with Crippen molar-refractivity contribution in [3.63, 3.8) is 0 Å². The van der Waals surface area contributed by atoms with E-state index in [1.807, 2.05) is 19.1 Å². The molecule has 13 heavy (non-hydrogen) atoms. The molecule has 2 rings (SSSR count). The van der Waals surface area contributed by atoms with Gasteiger partial charge in [0.05, 0.1) is 5.52 Å². The maximum atomic E-state index is 5.67. The number of nitrogens with zero attached hydrogens (tertiary/aromatic N) is 3. The molecule has 0 aliphatic carbocycles. The predicted molar refractivity (Wildman–Crippen MR) is 51.1 cm³/mol. The van der Waals surface area contributed by atoms with E-state index in [9.17, 15) is 0 Å². The molecule has 0 bridgehead atoms. The number of nitrogen functional groups attached to an aromatic ring is 1. The van der Waals surface area contributed by atoms with Crippen LogP contribution in [0.4, 0.5) is 5.82 Å². The Labute approximate surface area is 75.8 Å². The van der Waals surface area contributed by atoms with Crippen molar-refractivity contribution < 1.29 is 0 Å². The van der Waals surface area contributed by atoms with E-state index in [1.165, 1.54) is 6.33 Å². The molecule has 0 atom stereocenters. The van der Waals surface area contributed by atoms with Gasteiger partial charge in [0.2, 0.25) is 0 Å². The van der Waals surface area contributed by atoms with Crippen molar-refractivity contribution in [1.82, 2.24) is 15.0 Å². The summed E-state index contributed by atoms with van der Waals surface area (Å²) < 4.78 is 0. The summed E-state index contributed by atoms with van der Waals surface area (Å²) in [5.41, 5.74) is 8.17. The van der Waals surface area contributed by atoms with E-state index >= 15 is 0 Å². The first-order valence-electron chi connectivity index (χ1n) is 4.17. The van der Waals surface area contributed by atoms with Gasteiger partial charge in [0.15, 0.2) is 5.82 Å².